The van der Waals surface area contributed by atoms with Gasteiger partial charge in [-0.15, -0.1) is 0 Å². The standard InChI is InChI=1S/C20H18F3N5O2/c1-2-30-18(29)7-6-14-11-16(26-12-25-14)13-4-3-5-15(10-13)27-19-24-9-8-17(28-19)20(21,22)23/h3-5,8-12H,2,6-7H2,1H3,(H,24,27,28). The third kappa shape index (κ3) is 5.72. The van der Waals surface area contributed by atoms with Crippen LogP contribution in [0.4, 0.5) is 24.8 Å². The van der Waals surface area contributed by atoms with Crippen LogP contribution in [-0.2, 0) is 22.1 Å². The molecule has 2 heterocycles. The molecule has 0 spiro atoms. The second-order valence-corrected chi connectivity index (χ2v) is 6.17. The number of aryl methyl sites for hydroxylation is 1. The molecule has 0 saturated carbocycles. The topological polar surface area (TPSA) is 89.9 Å². The lowest BCUT2D eigenvalue weighted by Crippen LogP contribution is -2.10. The average Bonchev–Trinajstić information content (AvgIpc) is 2.72. The van der Waals surface area contributed by atoms with Gasteiger partial charge in [-0.25, -0.2) is 19.9 Å². The van der Waals surface area contributed by atoms with Crippen LogP contribution in [0.5, 0.6) is 0 Å². The monoisotopic (exact) mass is 417 g/mol. The fraction of sp³-hybridized carbons (Fsp3) is 0.250. The van der Waals surface area contributed by atoms with Crippen molar-refractivity contribution < 1.29 is 22.7 Å². The van der Waals surface area contributed by atoms with Crippen molar-refractivity contribution in [2.75, 3.05) is 11.9 Å². The van der Waals surface area contributed by atoms with E-state index in [-0.39, 0.29) is 18.3 Å². The van der Waals surface area contributed by atoms with Crippen molar-refractivity contribution in [2.45, 2.75) is 25.9 Å². The second kappa shape index (κ2) is 9.29. The molecule has 156 valence electrons. The maximum absolute atomic E-state index is 12.8. The number of rotatable bonds is 7. The highest BCUT2D eigenvalue weighted by atomic mass is 19.4. The lowest BCUT2D eigenvalue weighted by molar-refractivity contribution is -0.143. The number of esters is 1. The van der Waals surface area contributed by atoms with Crippen LogP contribution in [0.3, 0.4) is 0 Å². The third-order valence-corrected chi connectivity index (χ3v) is 3.97. The highest BCUT2D eigenvalue weighted by Gasteiger charge is 2.32. The predicted molar refractivity (Wildman–Crippen MR) is 103 cm³/mol. The van der Waals surface area contributed by atoms with Crippen LogP contribution in [0.25, 0.3) is 11.3 Å². The molecule has 0 saturated heterocycles. The Morgan fingerprint density at radius 3 is 2.73 bits per heavy atom. The van der Waals surface area contributed by atoms with E-state index in [0.717, 1.165) is 12.3 Å². The molecule has 1 N–H and O–H groups in total. The molecule has 2 aromatic heterocycles. The molecule has 0 aliphatic heterocycles. The number of nitrogens with zero attached hydrogens (tertiary/aromatic N) is 4. The summed E-state index contributed by atoms with van der Waals surface area (Å²) in [7, 11) is 0. The van der Waals surface area contributed by atoms with Crippen LogP contribution >= 0.6 is 0 Å². The Labute approximate surface area is 170 Å². The Bertz CT molecular complexity index is 1030. The fourth-order valence-electron chi connectivity index (χ4n) is 2.62. The van der Waals surface area contributed by atoms with Crippen molar-refractivity contribution in [1.82, 2.24) is 19.9 Å². The molecule has 0 aliphatic carbocycles. The number of ether oxygens (including phenoxy) is 1. The van der Waals surface area contributed by atoms with Crippen LogP contribution < -0.4 is 5.32 Å². The van der Waals surface area contributed by atoms with Crippen molar-refractivity contribution in [3.8, 4) is 11.3 Å². The summed E-state index contributed by atoms with van der Waals surface area (Å²) in [6.07, 6.45) is -1.50. The van der Waals surface area contributed by atoms with E-state index in [1.54, 1.807) is 37.3 Å². The Balaban J connectivity index is 1.76. The summed E-state index contributed by atoms with van der Waals surface area (Å²) in [5.74, 6) is -0.468. The maximum Gasteiger partial charge on any atom is 0.433 e. The molecule has 0 amide bonds. The zero-order valence-electron chi connectivity index (χ0n) is 16.0. The van der Waals surface area contributed by atoms with Gasteiger partial charge >= 0.3 is 12.1 Å². The van der Waals surface area contributed by atoms with E-state index in [0.29, 0.717) is 35.7 Å². The Kier molecular flexibility index (Phi) is 6.55. The molecule has 3 rings (SSSR count). The number of carbonyl (C=O) groups excluding carboxylic acids is 1. The molecule has 7 nitrogen and oxygen atoms in total. The molecule has 1 aromatic carbocycles. The highest BCUT2D eigenvalue weighted by molar-refractivity contribution is 5.70. The fourth-order valence-corrected chi connectivity index (χ4v) is 2.62. The van der Waals surface area contributed by atoms with Gasteiger partial charge in [-0.1, -0.05) is 12.1 Å². The first-order valence-corrected chi connectivity index (χ1v) is 9.09. The summed E-state index contributed by atoms with van der Waals surface area (Å²) in [6, 6.07) is 9.47. The van der Waals surface area contributed by atoms with Gasteiger partial charge in [0.25, 0.3) is 0 Å². The zero-order valence-corrected chi connectivity index (χ0v) is 16.0. The van der Waals surface area contributed by atoms with Gasteiger partial charge in [-0.05, 0) is 31.2 Å². The van der Waals surface area contributed by atoms with Gasteiger partial charge in [-0.2, -0.15) is 13.2 Å². The minimum absolute atomic E-state index is 0.167. The number of nitrogens with one attached hydrogen (secondary N) is 1. The minimum Gasteiger partial charge on any atom is -0.466 e. The van der Waals surface area contributed by atoms with E-state index in [1.165, 1.54) is 6.33 Å². The molecule has 0 atom stereocenters. The summed E-state index contributed by atoms with van der Waals surface area (Å²) in [5.41, 5.74) is 1.47. The van der Waals surface area contributed by atoms with Crippen LogP contribution in [-0.4, -0.2) is 32.5 Å². The summed E-state index contributed by atoms with van der Waals surface area (Å²) in [5, 5.41) is 2.77. The quantitative estimate of drug-likeness (QED) is 0.577. The SMILES string of the molecule is CCOC(=O)CCc1cc(-c2cccc(Nc3nccc(C(F)(F)F)n3)c2)ncn1. The molecule has 0 radical (unpaired) electrons. The zero-order chi connectivity index (χ0) is 21.6. The number of benzene rings is 1. The predicted octanol–water partition coefficient (Wildman–Crippen LogP) is 4.19. The molecular weight excluding hydrogens is 399 g/mol. The third-order valence-electron chi connectivity index (χ3n) is 3.97. The summed E-state index contributed by atoms with van der Waals surface area (Å²) in [4.78, 5) is 27.2. The molecule has 0 fully saturated rings. The second-order valence-electron chi connectivity index (χ2n) is 6.17. The maximum atomic E-state index is 12.8. The number of halogens is 3. The first-order valence-electron chi connectivity index (χ1n) is 9.09. The molecule has 0 unspecified atom stereocenters. The summed E-state index contributed by atoms with van der Waals surface area (Å²) >= 11 is 0. The average molecular weight is 417 g/mol. The van der Waals surface area contributed by atoms with E-state index in [9.17, 15) is 18.0 Å². The number of aromatic nitrogens is 4. The van der Waals surface area contributed by atoms with Gasteiger partial charge in [0.2, 0.25) is 5.95 Å². The van der Waals surface area contributed by atoms with Crippen molar-refractivity contribution >= 4 is 17.6 Å². The van der Waals surface area contributed by atoms with E-state index in [2.05, 4.69) is 25.3 Å². The van der Waals surface area contributed by atoms with Gasteiger partial charge in [0.15, 0.2) is 0 Å². The first-order chi connectivity index (χ1) is 14.3. The van der Waals surface area contributed by atoms with Gasteiger partial charge in [0.05, 0.1) is 18.7 Å². The van der Waals surface area contributed by atoms with Crippen LogP contribution in [0.15, 0.2) is 48.9 Å². The number of hydrogen-bond donors (Lipinski definition) is 1. The van der Waals surface area contributed by atoms with Crippen molar-refractivity contribution in [2.24, 2.45) is 0 Å². The lowest BCUT2D eigenvalue weighted by atomic mass is 10.1. The van der Waals surface area contributed by atoms with Gasteiger partial charge in [0, 0.05) is 29.6 Å². The first kappa shape index (κ1) is 21.2. The molecule has 30 heavy (non-hydrogen) atoms. The summed E-state index contributed by atoms with van der Waals surface area (Å²) in [6.45, 7) is 2.06. The van der Waals surface area contributed by atoms with Gasteiger partial charge < -0.3 is 10.1 Å². The van der Waals surface area contributed by atoms with Crippen molar-refractivity contribution in [3.05, 3.63) is 60.3 Å². The van der Waals surface area contributed by atoms with Crippen molar-refractivity contribution in [1.29, 1.82) is 0 Å². The van der Waals surface area contributed by atoms with Gasteiger partial charge in [0.1, 0.15) is 12.0 Å². The Morgan fingerprint density at radius 1 is 1.13 bits per heavy atom. The molecule has 10 heteroatoms. The van der Waals surface area contributed by atoms with E-state index in [1.807, 2.05) is 0 Å². The van der Waals surface area contributed by atoms with Gasteiger partial charge in [-0.3, -0.25) is 4.79 Å². The molecule has 3 aromatic rings. The van der Waals surface area contributed by atoms with Crippen molar-refractivity contribution in [3.63, 3.8) is 0 Å². The Hall–Kier alpha value is -3.56. The molecule has 0 bridgehead atoms. The van der Waals surface area contributed by atoms with Crippen LogP contribution in [0, 0.1) is 0 Å². The molecule has 0 aliphatic rings. The smallest absolute Gasteiger partial charge is 0.433 e. The largest absolute Gasteiger partial charge is 0.466 e. The lowest BCUT2D eigenvalue weighted by Gasteiger charge is -2.10. The highest BCUT2D eigenvalue weighted by Crippen LogP contribution is 2.28. The van der Waals surface area contributed by atoms with E-state index >= 15 is 0 Å². The normalized spacial score (nSPS) is 11.2. The number of anilines is 2. The number of carbonyl (C=O) groups is 1. The van der Waals surface area contributed by atoms with E-state index in [4.69, 9.17) is 4.74 Å². The minimum atomic E-state index is -4.55. The number of alkyl halides is 3. The Morgan fingerprint density at radius 2 is 1.97 bits per heavy atom. The summed E-state index contributed by atoms with van der Waals surface area (Å²) < 4.78 is 43.4. The van der Waals surface area contributed by atoms with E-state index < -0.39 is 11.9 Å². The van der Waals surface area contributed by atoms with Crippen LogP contribution in [0.1, 0.15) is 24.7 Å². The molecular formula is C20H18F3N5O2. The number of hydrogen-bond acceptors (Lipinski definition) is 7. The van der Waals surface area contributed by atoms with Crippen LogP contribution in [0.2, 0.25) is 0 Å².